The largest absolute Gasteiger partial charge is 0.340 e. The molecule has 0 aromatic carbocycles. The fourth-order valence-corrected chi connectivity index (χ4v) is 1.66. The summed E-state index contributed by atoms with van der Waals surface area (Å²) in [5, 5.41) is 0. The van der Waals surface area contributed by atoms with E-state index in [0.717, 1.165) is 26.1 Å². The highest BCUT2D eigenvalue weighted by Gasteiger charge is 2.24. The summed E-state index contributed by atoms with van der Waals surface area (Å²) < 4.78 is 10.6. The Morgan fingerprint density at radius 3 is 1.83 bits per heavy atom. The smallest absolute Gasteiger partial charge is 0.213 e. The molecule has 2 unspecified atom stereocenters. The summed E-state index contributed by atoms with van der Waals surface area (Å²) in [5.41, 5.74) is 5.52. The molecule has 3 heteroatoms. The molecular weight excluding hydrogens is 154 g/mol. The minimum absolute atomic E-state index is 0.504. The van der Waals surface area contributed by atoms with Crippen molar-refractivity contribution < 1.29 is 9.47 Å². The Hall–Kier alpha value is -0.120. The van der Waals surface area contributed by atoms with Crippen LogP contribution in [0.15, 0.2) is 0 Å². The third-order valence-electron chi connectivity index (χ3n) is 2.66. The van der Waals surface area contributed by atoms with E-state index in [1.54, 1.807) is 0 Å². The molecule has 12 heavy (non-hydrogen) atoms. The average molecular weight is 173 g/mol. The van der Waals surface area contributed by atoms with Crippen molar-refractivity contribution in [2.24, 2.45) is 17.6 Å². The maximum Gasteiger partial charge on any atom is 0.213 e. The van der Waals surface area contributed by atoms with E-state index in [2.05, 4.69) is 13.8 Å². The number of nitrogens with two attached hydrogens (primary N) is 1. The second-order valence-electron chi connectivity index (χ2n) is 3.37. The highest BCUT2D eigenvalue weighted by Crippen LogP contribution is 2.23. The van der Waals surface area contributed by atoms with Crippen LogP contribution in [0.5, 0.6) is 0 Å². The van der Waals surface area contributed by atoms with E-state index in [1.165, 1.54) is 0 Å². The molecule has 0 amide bonds. The Bertz CT molecular complexity index is 116. The summed E-state index contributed by atoms with van der Waals surface area (Å²) in [6.07, 6.45) is 1.79. The van der Waals surface area contributed by atoms with Crippen LogP contribution < -0.4 is 5.73 Å². The molecule has 0 saturated carbocycles. The van der Waals surface area contributed by atoms with Crippen molar-refractivity contribution in [3.63, 3.8) is 0 Å². The summed E-state index contributed by atoms with van der Waals surface area (Å²) >= 11 is 0. The first-order valence-corrected chi connectivity index (χ1v) is 4.76. The Kier molecular flexibility index (Phi) is 3.98. The molecule has 1 aliphatic rings. The molecule has 72 valence electrons. The molecule has 1 heterocycles. The zero-order valence-corrected chi connectivity index (χ0v) is 7.95. The molecule has 0 radical (unpaired) electrons. The van der Waals surface area contributed by atoms with Gasteiger partial charge < -0.3 is 9.47 Å². The Morgan fingerprint density at radius 2 is 1.50 bits per heavy atom. The van der Waals surface area contributed by atoms with Crippen LogP contribution in [-0.4, -0.2) is 19.6 Å². The summed E-state index contributed by atoms with van der Waals surface area (Å²) in [6.45, 7) is 5.87. The van der Waals surface area contributed by atoms with Crippen molar-refractivity contribution in [2.45, 2.75) is 33.1 Å². The molecule has 2 atom stereocenters. The van der Waals surface area contributed by atoms with Gasteiger partial charge in [0.1, 0.15) is 0 Å². The number of ether oxygens (including phenoxy) is 2. The van der Waals surface area contributed by atoms with Gasteiger partial charge in [0.25, 0.3) is 0 Å². The van der Waals surface area contributed by atoms with Crippen LogP contribution in [0.2, 0.25) is 0 Å². The van der Waals surface area contributed by atoms with Gasteiger partial charge in [0.15, 0.2) is 0 Å². The lowest BCUT2D eigenvalue weighted by Crippen LogP contribution is -2.26. The normalized spacial score (nSPS) is 37.8. The molecule has 0 aliphatic carbocycles. The molecule has 0 aromatic heterocycles. The number of hydrogen-bond acceptors (Lipinski definition) is 3. The van der Waals surface area contributed by atoms with Crippen molar-refractivity contribution >= 4 is 0 Å². The van der Waals surface area contributed by atoms with Crippen LogP contribution in [0.4, 0.5) is 0 Å². The molecule has 0 spiro atoms. The first-order chi connectivity index (χ1) is 5.77. The fraction of sp³-hybridized carbons (Fsp3) is 1.00. The minimum atomic E-state index is -0.504. The highest BCUT2D eigenvalue weighted by molar-refractivity contribution is 4.69. The molecule has 2 N–H and O–H groups in total. The topological polar surface area (TPSA) is 44.5 Å². The molecule has 1 aliphatic heterocycles. The van der Waals surface area contributed by atoms with Crippen molar-refractivity contribution in [1.29, 1.82) is 0 Å². The first-order valence-electron chi connectivity index (χ1n) is 4.76. The van der Waals surface area contributed by atoms with Crippen LogP contribution in [0.1, 0.15) is 26.7 Å². The molecule has 0 aromatic rings. The fourth-order valence-electron chi connectivity index (χ4n) is 1.66. The molecule has 3 nitrogen and oxygen atoms in total. The van der Waals surface area contributed by atoms with Gasteiger partial charge in [-0.2, -0.15) is 0 Å². The predicted octanol–water partition coefficient (Wildman–Crippen LogP) is 1.33. The zero-order valence-electron chi connectivity index (χ0n) is 7.95. The van der Waals surface area contributed by atoms with Crippen molar-refractivity contribution in [2.75, 3.05) is 13.2 Å². The maximum absolute atomic E-state index is 5.52. The molecule has 1 rings (SSSR count). The van der Waals surface area contributed by atoms with E-state index in [9.17, 15) is 0 Å². The van der Waals surface area contributed by atoms with E-state index in [-0.39, 0.29) is 0 Å². The predicted molar refractivity (Wildman–Crippen MR) is 47.4 cm³/mol. The SMILES string of the molecule is CCC1COC(N)OCC1CC. The van der Waals surface area contributed by atoms with Crippen molar-refractivity contribution in [1.82, 2.24) is 0 Å². The second-order valence-corrected chi connectivity index (χ2v) is 3.37. The number of rotatable bonds is 2. The summed E-state index contributed by atoms with van der Waals surface area (Å²) in [5.74, 6) is 1.23. The minimum Gasteiger partial charge on any atom is -0.340 e. The lowest BCUT2D eigenvalue weighted by Gasteiger charge is -2.19. The van der Waals surface area contributed by atoms with Gasteiger partial charge in [-0.15, -0.1) is 0 Å². The third-order valence-corrected chi connectivity index (χ3v) is 2.66. The van der Waals surface area contributed by atoms with Gasteiger partial charge in [-0.05, 0) is 11.8 Å². The van der Waals surface area contributed by atoms with Crippen LogP contribution in [-0.2, 0) is 9.47 Å². The number of hydrogen-bond donors (Lipinski definition) is 1. The van der Waals surface area contributed by atoms with E-state index in [0.29, 0.717) is 11.8 Å². The van der Waals surface area contributed by atoms with Crippen molar-refractivity contribution in [3.05, 3.63) is 0 Å². The van der Waals surface area contributed by atoms with Gasteiger partial charge in [-0.1, -0.05) is 26.7 Å². The zero-order chi connectivity index (χ0) is 8.97. The molecule has 1 saturated heterocycles. The average Bonchev–Trinajstić information content (AvgIpc) is 2.27. The third kappa shape index (κ3) is 2.44. The van der Waals surface area contributed by atoms with Gasteiger partial charge in [0, 0.05) is 0 Å². The van der Waals surface area contributed by atoms with Gasteiger partial charge in [-0.25, -0.2) is 0 Å². The maximum atomic E-state index is 5.52. The molecule has 1 fully saturated rings. The van der Waals surface area contributed by atoms with Crippen LogP contribution in [0.25, 0.3) is 0 Å². The quantitative estimate of drug-likeness (QED) is 0.685. The lowest BCUT2D eigenvalue weighted by atomic mass is 9.89. The van der Waals surface area contributed by atoms with Gasteiger partial charge in [0.2, 0.25) is 6.41 Å². The lowest BCUT2D eigenvalue weighted by molar-refractivity contribution is -0.125. The van der Waals surface area contributed by atoms with Crippen LogP contribution >= 0.6 is 0 Å². The Labute approximate surface area is 74.2 Å². The van der Waals surface area contributed by atoms with Gasteiger partial charge >= 0.3 is 0 Å². The summed E-state index contributed by atoms with van der Waals surface area (Å²) in [6, 6.07) is 0. The summed E-state index contributed by atoms with van der Waals surface area (Å²) in [7, 11) is 0. The summed E-state index contributed by atoms with van der Waals surface area (Å²) in [4.78, 5) is 0. The highest BCUT2D eigenvalue weighted by atomic mass is 16.7. The molecular formula is C9H19NO2. The van der Waals surface area contributed by atoms with Crippen LogP contribution in [0.3, 0.4) is 0 Å². The van der Waals surface area contributed by atoms with E-state index in [4.69, 9.17) is 15.2 Å². The Balaban J connectivity index is 2.47. The molecule has 0 bridgehead atoms. The van der Waals surface area contributed by atoms with E-state index < -0.39 is 6.41 Å². The van der Waals surface area contributed by atoms with Crippen molar-refractivity contribution in [3.8, 4) is 0 Å². The second kappa shape index (κ2) is 4.80. The van der Waals surface area contributed by atoms with Gasteiger partial charge in [0.05, 0.1) is 13.2 Å². The standard InChI is InChI=1S/C9H19NO2/c1-3-7-5-11-9(10)12-6-8(7)4-2/h7-9H,3-6,10H2,1-2H3. The van der Waals surface area contributed by atoms with Crippen LogP contribution in [0, 0.1) is 11.8 Å². The van der Waals surface area contributed by atoms with E-state index >= 15 is 0 Å². The Morgan fingerprint density at radius 1 is 1.08 bits per heavy atom. The first kappa shape index (κ1) is 9.96. The van der Waals surface area contributed by atoms with E-state index in [1.807, 2.05) is 0 Å². The monoisotopic (exact) mass is 173 g/mol. The van der Waals surface area contributed by atoms with Gasteiger partial charge in [-0.3, -0.25) is 5.73 Å².